The van der Waals surface area contributed by atoms with Gasteiger partial charge in [-0.15, -0.1) is 0 Å². The highest BCUT2D eigenvalue weighted by atomic mass is 32.2. The number of carbonyl (C=O) groups is 1. The summed E-state index contributed by atoms with van der Waals surface area (Å²) < 4.78 is 70.1. The molecule has 10 nitrogen and oxygen atoms in total. The molecule has 4 rings (SSSR count). The summed E-state index contributed by atoms with van der Waals surface area (Å²) in [5.41, 5.74) is -1.66. The van der Waals surface area contributed by atoms with E-state index in [2.05, 4.69) is 20.6 Å². The molecule has 0 saturated carbocycles. The summed E-state index contributed by atoms with van der Waals surface area (Å²) in [6.45, 7) is 1.01. The summed E-state index contributed by atoms with van der Waals surface area (Å²) in [6, 6.07) is 13.5. The van der Waals surface area contributed by atoms with Crippen molar-refractivity contribution in [2.45, 2.75) is 24.8 Å². The summed E-state index contributed by atoms with van der Waals surface area (Å²) in [6.07, 6.45) is -5.29. The highest BCUT2D eigenvalue weighted by molar-refractivity contribution is 7.90. The van der Waals surface area contributed by atoms with Crippen molar-refractivity contribution in [3.05, 3.63) is 71.6 Å². The number of aliphatic hydroxyl groups excluding tert-OH is 1. The second kappa shape index (κ2) is 10.2. The molecule has 1 aliphatic heterocycles. The lowest BCUT2D eigenvalue weighted by Gasteiger charge is -2.27. The molecule has 2 N–H and O–H groups in total. The van der Waals surface area contributed by atoms with E-state index in [0.29, 0.717) is 5.56 Å². The topological polar surface area (TPSA) is 144 Å². The predicted molar refractivity (Wildman–Crippen MR) is 128 cm³/mol. The fourth-order valence-corrected chi connectivity index (χ4v) is 4.41. The summed E-state index contributed by atoms with van der Waals surface area (Å²) in [7, 11) is -3.28. The van der Waals surface area contributed by atoms with Gasteiger partial charge in [-0.1, -0.05) is 64.9 Å². The number of rotatable bonds is 8. The van der Waals surface area contributed by atoms with Crippen molar-refractivity contribution in [1.29, 1.82) is 0 Å². The van der Waals surface area contributed by atoms with E-state index in [0.717, 1.165) is 6.26 Å². The van der Waals surface area contributed by atoms with E-state index < -0.39 is 45.4 Å². The van der Waals surface area contributed by atoms with Gasteiger partial charge < -0.3 is 19.8 Å². The van der Waals surface area contributed by atoms with E-state index in [9.17, 15) is 31.5 Å². The summed E-state index contributed by atoms with van der Waals surface area (Å²) in [4.78, 5) is 21.5. The van der Waals surface area contributed by atoms with Gasteiger partial charge in [-0.2, -0.15) is 18.2 Å². The van der Waals surface area contributed by atoms with E-state index in [1.807, 2.05) is 0 Å². The lowest BCUT2D eigenvalue weighted by atomic mass is 9.82. The Morgan fingerprint density at radius 1 is 1.13 bits per heavy atom. The van der Waals surface area contributed by atoms with Gasteiger partial charge in [-0.25, -0.2) is 8.42 Å². The second-order valence-electron chi connectivity index (χ2n) is 8.88. The lowest BCUT2D eigenvalue weighted by molar-refractivity contribution is -0.208. The first-order valence-corrected chi connectivity index (χ1v) is 13.3. The van der Waals surface area contributed by atoms with Crippen LogP contribution in [-0.2, 0) is 25.1 Å². The zero-order valence-corrected chi connectivity index (χ0v) is 21.0. The minimum Gasteiger partial charge on any atom is -0.378 e. The Bertz CT molecular complexity index is 1440. The molecule has 1 aromatic heterocycles. The number of hydrogen-bond donors (Lipinski definition) is 2. The second-order valence-corrected chi connectivity index (χ2v) is 11.1. The van der Waals surface area contributed by atoms with Crippen LogP contribution in [0.3, 0.4) is 0 Å². The molecule has 0 fully saturated rings. The number of oxime groups is 1. The normalized spacial score (nSPS) is 20.5. The summed E-state index contributed by atoms with van der Waals surface area (Å²) in [5.74, 6) is -3.72. The van der Waals surface area contributed by atoms with Crippen LogP contribution >= 0.6 is 0 Å². The molecule has 2 aromatic carbocycles. The van der Waals surface area contributed by atoms with Crippen molar-refractivity contribution in [2.75, 3.05) is 18.6 Å². The van der Waals surface area contributed by atoms with Crippen molar-refractivity contribution in [1.82, 2.24) is 15.5 Å². The van der Waals surface area contributed by atoms with Gasteiger partial charge in [0.25, 0.3) is 11.8 Å². The third-order valence-electron chi connectivity index (χ3n) is 5.91. The Morgan fingerprint density at radius 3 is 2.39 bits per heavy atom. The van der Waals surface area contributed by atoms with Gasteiger partial charge >= 0.3 is 6.18 Å². The third-order valence-corrected chi connectivity index (χ3v) is 6.86. The zero-order valence-electron chi connectivity index (χ0n) is 20.1. The first kappa shape index (κ1) is 27.3. The predicted octanol–water partition coefficient (Wildman–Crippen LogP) is 2.76. The average Bonchev–Trinajstić information content (AvgIpc) is 3.49. The van der Waals surface area contributed by atoms with Crippen LogP contribution in [0.4, 0.5) is 13.2 Å². The molecule has 0 spiro atoms. The molecule has 3 aromatic rings. The van der Waals surface area contributed by atoms with E-state index in [1.165, 1.54) is 43.3 Å². The largest absolute Gasteiger partial charge is 0.401 e. The van der Waals surface area contributed by atoms with Crippen LogP contribution in [0.2, 0.25) is 0 Å². The first-order chi connectivity index (χ1) is 17.8. The van der Waals surface area contributed by atoms with Gasteiger partial charge in [0.15, 0.2) is 12.0 Å². The van der Waals surface area contributed by atoms with Crippen LogP contribution in [0.15, 0.2) is 64.3 Å². The first-order valence-electron chi connectivity index (χ1n) is 11.3. The number of halogens is 3. The number of aliphatic hydroxyl groups is 1. The Morgan fingerprint density at radius 2 is 1.79 bits per heavy atom. The van der Waals surface area contributed by atoms with E-state index in [4.69, 9.17) is 9.36 Å². The van der Waals surface area contributed by atoms with Crippen molar-refractivity contribution < 1.29 is 40.9 Å². The quantitative estimate of drug-likeness (QED) is 0.434. The van der Waals surface area contributed by atoms with Crippen LogP contribution in [0, 0.1) is 5.92 Å². The van der Waals surface area contributed by atoms with Gasteiger partial charge in [0.2, 0.25) is 11.4 Å². The maximum Gasteiger partial charge on any atom is 0.401 e. The number of nitrogens with zero attached hydrogens (tertiary/aromatic N) is 3. The molecule has 0 saturated heterocycles. The van der Waals surface area contributed by atoms with E-state index >= 15 is 0 Å². The summed E-state index contributed by atoms with van der Waals surface area (Å²) in [5, 5.41) is 20.1. The van der Waals surface area contributed by atoms with Gasteiger partial charge in [-0.05, 0) is 12.5 Å². The van der Waals surface area contributed by atoms with E-state index in [1.54, 1.807) is 18.2 Å². The van der Waals surface area contributed by atoms with Crippen molar-refractivity contribution in [3.63, 3.8) is 0 Å². The number of aromatic nitrogens is 2. The third kappa shape index (κ3) is 5.70. The summed E-state index contributed by atoms with van der Waals surface area (Å²) >= 11 is 0. The molecule has 0 aliphatic carbocycles. The minimum atomic E-state index is -4.74. The Hall–Kier alpha value is -3.78. The average molecular weight is 553 g/mol. The molecule has 0 radical (unpaired) electrons. The Labute approximate surface area is 215 Å². The number of nitrogens with one attached hydrogen (secondary N) is 1. The maximum atomic E-state index is 14.2. The monoisotopic (exact) mass is 552 g/mol. The smallest absolute Gasteiger partial charge is 0.378 e. The van der Waals surface area contributed by atoms with Crippen LogP contribution in [0.5, 0.6) is 0 Å². The van der Waals surface area contributed by atoms with Crippen LogP contribution in [0.1, 0.15) is 30.0 Å². The van der Waals surface area contributed by atoms with Crippen molar-refractivity contribution in [2.24, 2.45) is 11.1 Å². The van der Waals surface area contributed by atoms with Gasteiger partial charge in [0, 0.05) is 23.9 Å². The number of hydrogen-bond acceptors (Lipinski definition) is 9. The molecular formula is C24H23F3N4O6S. The fourth-order valence-electron chi connectivity index (χ4n) is 3.93. The number of carbonyl (C=O) groups excluding carboxylic acids is 1. The molecule has 38 heavy (non-hydrogen) atoms. The molecular weight excluding hydrogens is 529 g/mol. The molecule has 1 amide bonds. The minimum absolute atomic E-state index is 0.0439. The number of benzene rings is 2. The molecule has 1 aliphatic rings. The van der Waals surface area contributed by atoms with Crippen molar-refractivity contribution >= 4 is 21.5 Å². The van der Waals surface area contributed by atoms with E-state index in [-0.39, 0.29) is 35.0 Å². The standard InChI is InChI=1S/C24H23F3N4O6S/c1-23(19(24(25,26)27)17(30-37-23)14-6-4-3-5-7-14)22-29-20(31-36-22)16-10-8-15(9-11-16)18(32)21(33)28-12-13-38(2,34)35/h3-11,18-19,32H,12-13H2,1-2H3,(H,28,33)/t18?,19?,23-/m0/s1. The maximum absolute atomic E-state index is 14.2. The zero-order chi connectivity index (χ0) is 27.7. The molecule has 2 heterocycles. The van der Waals surface area contributed by atoms with Crippen LogP contribution < -0.4 is 5.32 Å². The Kier molecular flexibility index (Phi) is 7.30. The molecule has 202 valence electrons. The molecule has 14 heteroatoms. The molecule has 3 atom stereocenters. The fraction of sp³-hybridized carbons (Fsp3) is 0.333. The molecule has 2 unspecified atom stereocenters. The number of sulfone groups is 1. The highest BCUT2D eigenvalue weighted by Gasteiger charge is 2.63. The van der Waals surface area contributed by atoms with Crippen LogP contribution in [0.25, 0.3) is 11.4 Å². The van der Waals surface area contributed by atoms with Crippen molar-refractivity contribution in [3.8, 4) is 11.4 Å². The lowest BCUT2D eigenvalue weighted by Crippen LogP contribution is -2.44. The SMILES string of the molecule is C[C@]1(c2nc(-c3ccc(C(O)C(=O)NCCS(C)(=O)=O)cc3)no2)ON=C(c2ccccc2)C1C(F)(F)F. The Balaban J connectivity index is 1.52. The highest BCUT2D eigenvalue weighted by Crippen LogP contribution is 2.48. The number of alkyl halides is 3. The molecule has 0 bridgehead atoms. The van der Waals surface area contributed by atoms with Gasteiger partial charge in [0.1, 0.15) is 15.5 Å². The van der Waals surface area contributed by atoms with Gasteiger partial charge in [0.05, 0.1) is 5.75 Å². The van der Waals surface area contributed by atoms with Gasteiger partial charge in [-0.3, -0.25) is 4.79 Å². The van der Waals surface area contributed by atoms with Crippen LogP contribution in [-0.4, -0.2) is 60.0 Å². The number of amides is 1.